The molecule has 1 aliphatic heterocycles. The molecule has 1 fully saturated rings. The third-order valence-corrected chi connectivity index (χ3v) is 5.12. The fourth-order valence-electron chi connectivity index (χ4n) is 2.11. The lowest BCUT2D eigenvalue weighted by Gasteiger charge is -2.32. The van der Waals surface area contributed by atoms with Crippen molar-refractivity contribution in [2.45, 2.75) is 24.5 Å². The highest BCUT2D eigenvalue weighted by molar-refractivity contribution is 7.89. The molecule has 1 saturated heterocycles. The molecule has 0 saturated carbocycles. The molecular formula is C12H16F2N2O3S. The molecular weight excluding hydrogens is 290 g/mol. The zero-order valence-electron chi connectivity index (χ0n) is 10.9. The fourth-order valence-corrected chi connectivity index (χ4v) is 3.74. The molecule has 0 aliphatic carbocycles. The van der Waals surface area contributed by atoms with Gasteiger partial charge in [0.1, 0.15) is 5.75 Å². The second-order valence-corrected chi connectivity index (χ2v) is 6.41. The summed E-state index contributed by atoms with van der Waals surface area (Å²) in [6.45, 7) is 0.462. The topological polar surface area (TPSA) is 58.6 Å². The predicted octanol–water partition coefficient (Wildman–Crippen LogP) is 1.27. The van der Waals surface area contributed by atoms with Crippen LogP contribution in [0, 0.1) is 0 Å². The van der Waals surface area contributed by atoms with Gasteiger partial charge in [0.15, 0.2) is 0 Å². The van der Waals surface area contributed by atoms with E-state index in [0.29, 0.717) is 19.6 Å². The molecule has 0 aromatic heterocycles. The summed E-state index contributed by atoms with van der Waals surface area (Å²) < 4.78 is 54.6. The number of piperazine rings is 1. The third kappa shape index (κ3) is 3.25. The summed E-state index contributed by atoms with van der Waals surface area (Å²) in [5.74, 6) is -0.0627. The van der Waals surface area contributed by atoms with Gasteiger partial charge in [-0.05, 0) is 31.2 Å². The first-order chi connectivity index (χ1) is 9.41. The maximum Gasteiger partial charge on any atom is 0.387 e. The average molecular weight is 306 g/mol. The number of alkyl halides is 2. The lowest BCUT2D eigenvalue weighted by molar-refractivity contribution is -0.0498. The molecule has 1 unspecified atom stereocenters. The molecule has 112 valence electrons. The Hall–Kier alpha value is -1.25. The average Bonchev–Trinajstić information content (AvgIpc) is 2.39. The minimum Gasteiger partial charge on any atom is -0.435 e. The van der Waals surface area contributed by atoms with Crippen LogP contribution in [0.25, 0.3) is 0 Å². The van der Waals surface area contributed by atoms with E-state index in [1.165, 1.54) is 28.6 Å². The van der Waals surface area contributed by atoms with E-state index in [2.05, 4.69) is 10.1 Å². The lowest BCUT2D eigenvalue weighted by atomic mass is 10.3. The minimum atomic E-state index is -3.61. The van der Waals surface area contributed by atoms with Gasteiger partial charge in [0.2, 0.25) is 10.0 Å². The molecule has 0 radical (unpaired) electrons. The highest BCUT2D eigenvalue weighted by atomic mass is 32.2. The van der Waals surface area contributed by atoms with Gasteiger partial charge in [0.25, 0.3) is 0 Å². The van der Waals surface area contributed by atoms with Gasteiger partial charge in [0.05, 0.1) is 4.90 Å². The Morgan fingerprint density at radius 1 is 1.35 bits per heavy atom. The van der Waals surface area contributed by atoms with Gasteiger partial charge < -0.3 is 10.1 Å². The van der Waals surface area contributed by atoms with Crippen molar-refractivity contribution in [1.82, 2.24) is 9.62 Å². The van der Waals surface area contributed by atoms with Crippen LogP contribution in [0.3, 0.4) is 0 Å². The SMILES string of the molecule is CC1CNCCN1S(=O)(=O)c1ccc(OC(F)F)cc1. The van der Waals surface area contributed by atoms with Gasteiger partial charge in [-0.15, -0.1) is 0 Å². The van der Waals surface area contributed by atoms with E-state index in [0.717, 1.165) is 0 Å². The molecule has 0 amide bonds. The highest BCUT2D eigenvalue weighted by Crippen LogP contribution is 2.22. The second kappa shape index (κ2) is 6.02. The maximum atomic E-state index is 12.4. The molecule has 5 nitrogen and oxygen atoms in total. The molecule has 0 bridgehead atoms. The number of hydrogen-bond acceptors (Lipinski definition) is 4. The summed E-state index contributed by atoms with van der Waals surface area (Å²) in [5, 5.41) is 3.11. The Morgan fingerprint density at radius 3 is 2.55 bits per heavy atom. The largest absolute Gasteiger partial charge is 0.435 e. The Kier molecular flexibility index (Phi) is 4.56. The summed E-state index contributed by atoms with van der Waals surface area (Å²) in [4.78, 5) is 0.0767. The van der Waals surface area contributed by atoms with Crippen LogP contribution in [0.5, 0.6) is 5.75 Å². The summed E-state index contributed by atoms with van der Waals surface area (Å²) in [5.41, 5.74) is 0. The van der Waals surface area contributed by atoms with Crippen molar-refractivity contribution < 1.29 is 21.9 Å². The summed E-state index contributed by atoms with van der Waals surface area (Å²) in [6, 6.07) is 4.87. The number of rotatable bonds is 4. The molecule has 20 heavy (non-hydrogen) atoms. The van der Waals surface area contributed by atoms with E-state index in [-0.39, 0.29) is 16.7 Å². The van der Waals surface area contributed by atoms with E-state index >= 15 is 0 Å². The highest BCUT2D eigenvalue weighted by Gasteiger charge is 2.30. The molecule has 1 N–H and O–H groups in total. The maximum absolute atomic E-state index is 12.4. The molecule has 0 spiro atoms. The number of nitrogens with one attached hydrogen (secondary N) is 1. The van der Waals surface area contributed by atoms with E-state index in [4.69, 9.17) is 0 Å². The normalized spacial score (nSPS) is 21.1. The summed E-state index contributed by atoms with van der Waals surface area (Å²) >= 11 is 0. The molecule has 2 rings (SSSR count). The first-order valence-corrected chi connectivity index (χ1v) is 7.62. The van der Waals surface area contributed by atoms with E-state index in [1.807, 2.05) is 6.92 Å². The van der Waals surface area contributed by atoms with E-state index in [9.17, 15) is 17.2 Å². The Balaban J connectivity index is 2.21. The van der Waals surface area contributed by atoms with Crippen molar-refractivity contribution in [2.75, 3.05) is 19.6 Å². The van der Waals surface area contributed by atoms with Crippen molar-refractivity contribution in [3.63, 3.8) is 0 Å². The van der Waals surface area contributed by atoms with Crippen LogP contribution in [0.4, 0.5) is 8.78 Å². The van der Waals surface area contributed by atoms with Crippen LogP contribution in [0.15, 0.2) is 29.2 Å². The van der Waals surface area contributed by atoms with Crippen molar-refractivity contribution in [1.29, 1.82) is 0 Å². The quantitative estimate of drug-likeness (QED) is 0.910. The molecule has 1 atom stereocenters. The number of benzene rings is 1. The number of sulfonamides is 1. The fraction of sp³-hybridized carbons (Fsp3) is 0.500. The van der Waals surface area contributed by atoms with Crippen molar-refractivity contribution in [3.05, 3.63) is 24.3 Å². The third-order valence-electron chi connectivity index (χ3n) is 3.10. The van der Waals surface area contributed by atoms with Crippen LogP contribution in [0.1, 0.15) is 6.92 Å². The van der Waals surface area contributed by atoms with E-state index < -0.39 is 16.6 Å². The van der Waals surface area contributed by atoms with Gasteiger partial charge >= 0.3 is 6.61 Å². The van der Waals surface area contributed by atoms with Crippen molar-refractivity contribution >= 4 is 10.0 Å². The molecule has 1 aromatic carbocycles. The van der Waals surface area contributed by atoms with Gasteiger partial charge in [-0.25, -0.2) is 8.42 Å². The molecule has 1 heterocycles. The first kappa shape index (κ1) is 15.1. The number of halogens is 2. The Labute approximate surface area is 116 Å². The van der Waals surface area contributed by atoms with Gasteiger partial charge in [-0.2, -0.15) is 13.1 Å². The van der Waals surface area contributed by atoms with Gasteiger partial charge in [-0.3, -0.25) is 0 Å². The van der Waals surface area contributed by atoms with Crippen LogP contribution >= 0.6 is 0 Å². The molecule has 8 heteroatoms. The zero-order chi connectivity index (χ0) is 14.8. The standard InChI is InChI=1S/C12H16F2N2O3S/c1-9-8-15-6-7-16(9)20(17,18)11-4-2-10(3-5-11)19-12(13)14/h2-5,9,12,15H,6-8H2,1H3. The van der Waals surface area contributed by atoms with Crippen LogP contribution in [0.2, 0.25) is 0 Å². The van der Waals surface area contributed by atoms with Crippen LogP contribution in [-0.2, 0) is 10.0 Å². The Bertz CT molecular complexity index is 548. The monoisotopic (exact) mass is 306 g/mol. The van der Waals surface area contributed by atoms with Crippen LogP contribution in [-0.4, -0.2) is 45.0 Å². The Morgan fingerprint density at radius 2 is 2.00 bits per heavy atom. The number of nitrogens with zero attached hydrogens (tertiary/aromatic N) is 1. The van der Waals surface area contributed by atoms with Gasteiger partial charge in [0, 0.05) is 25.7 Å². The number of ether oxygens (including phenoxy) is 1. The predicted molar refractivity (Wildman–Crippen MR) is 69.3 cm³/mol. The van der Waals surface area contributed by atoms with Crippen molar-refractivity contribution in [3.8, 4) is 5.75 Å². The second-order valence-electron chi connectivity index (χ2n) is 4.52. The number of hydrogen-bond donors (Lipinski definition) is 1. The molecule has 1 aromatic rings. The van der Waals surface area contributed by atoms with E-state index in [1.54, 1.807) is 0 Å². The zero-order valence-corrected chi connectivity index (χ0v) is 11.7. The van der Waals surface area contributed by atoms with Crippen molar-refractivity contribution in [2.24, 2.45) is 0 Å². The molecule has 1 aliphatic rings. The summed E-state index contributed by atoms with van der Waals surface area (Å²) in [7, 11) is -3.61. The smallest absolute Gasteiger partial charge is 0.387 e. The van der Waals surface area contributed by atoms with Crippen LogP contribution < -0.4 is 10.1 Å². The first-order valence-electron chi connectivity index (χ1n) is 6.18. The minimum absolute atomic E-state index is 0.0627. The van der Waals surface area contributed by atoms with Gasteiger partial charge in [-0.1, -0.05) is 0 Å². The summed E-state index contributed by atoms with van der Waals surface area (Å²) in [6.07, 6.45) is 0. The lowest BCUT2D eigenvalue weighted by Crippen LogP contribution is -2.52.